The first kappa shape index (κ1) is 20.5. The zero-order valence-electron chi connectivity index (χ0n) is 18.5. The van der Waals surface area contributed by atoms with Gasteiger partial charge in [-0.2, -0.15) is 0 Å². The highest BCUT2D eigenvalue weighted by atomic mass is 16.2. The van der Waals surface area contributed by atoms with Gasteiger partial charge in [0.1, 0.15) is 0 Å². The lowest BCUT2D eigenvalue weighted by Crippen LogP contribution is -2.45. The summed E-state index contributed by atoms with van der Waals surface area (Å²) in [6.07, 6.45) is 4.99. The molecule has 1 aromatic carbocycles. The van der Waals surface area contributed by atoms with Gasteiger partial charge in [0.15, 0.2) is 5.65 Å². The van der Waals surface area contributed by atoms with Crippen molar-refractivity contribution in [3.05, 3.63) is 74.7 Å². The molecule has 0 aliphatic carbocycles. The Kier molecular flexibility index (Phi) is 5.09. The zero-order chi connectivity index (χ0) is 22.4. The molecule has 0 saturated carbocycles. The highest BCUT2D eigenvalue weighted by molar-refractivity contribution is 5.74. The Labute approximate surface area is 185 Å². The van der Waals surface area contributed by atoms with Crippen LogP contribution >= 0.6 is 0 Å². The fraction of sp³-hybridized carbons (Fsp3) is 0.375. The molecule has 4 aromatic rings. The van der Waals surface area contributed by atoms with E-state index in [0.29, 0.717) is 11.2 Å². The van der Waals surface area contributed by atoms with Crippen molar-refractivity contribution in [1.29, 1.82) is 0 Å². The summed E-state index contributed by atoms with van der Waals surface area (Å²) in [5.74, 6) is 0. The van der Waals surface area contributed by atoms with Gasteiger partial charge in [0.2, 0.25) is 0 Å². The minimum Gasteiger partial charge on any atom is -0.304 e. The molecule has 5 rings (SSSR count). The number of pyridine rings is 1. The van der Waals surface area contributed by atoms with E-state index in [4.69, 9.17) is 0 Å². The average molecular weight is 431 g/mol. The molecule has 32 heavy (non-hydrogen) atoms. The van der Waals surface area contributed by atoms with Crippen molar-refractivity contribution in [2.24, 2.45) is 7.05 Å². The molecule has 164 valence electrons. The number of likely N-dealkylation sites (tertiary alicyclic amines) is 1. The highest BCUT2D eigenvalue weighted by Gasteiger charge is 2.27. The Morgan fingerprint density at radius 3 is 2.44 bits per heavy atom. The lowest BCUT2D eigenvalue weighted by molar-refractivity contribution is 0.143. The lowest BCUT2D eigenvalue weighted by atomic mass is 9.99. The topological polar surface area (TPSA) is 85.9 Å². The third kappa shape index (κ3) is 3.40. The standard InChI is InChI=1S/C24H26N6O2/c1-15-4-7-21-22(27-15)30(24(32)23(31)28(21)3)18-8-12-29(13-9-18)16(2)17-5-6-19-20(14-17)26-11-10-25-19/h4-7,10-11,14,16,18H,8-9,12-13H2,1-3H3. The van der Waals surface area contributed by atoms with Gasteiger partial charge in [-0.1, -0.05) is 6.07 Å². The van der Waals surface area contributed by atoms with Crippen LogP contribution in [0.1, 0.15) is 43.1 Å². The molecule has 1 saturated heterocycles. The predicted octanol–water partition coefficient (Wildman–Crippen LogP) is 2.74. The van der Waals surface area contributed by atoms with Gasteiger partial charge < -0.3 is 4.57 Å². The first-order valence-electron chi connectivity index (χ1n) is 11.0. The van der Waals surface area contributed by atoms with Crippen molar-refractivity contribution < 1.29 is 0 Å². The Morgan fingerprint density at radius 1 is 0.969 bits per heavy atom. The molecule has 1 unspecified atom stereocenters. The maximum absolute atomic E-state index is 12.9. The molecule has 0 spiro atoms. The fourth-order valence-corrected chi connectivity index (χ4v) is 4.75. The summed E-state index contributed by atoms with van der Waals surface area (Å²) in [6.45, 7) is 5.76. The molecule has 0 bridgehead atoms. The molecule has 4 heterocycles. The summed E-state index contributed by atoms with van der Waals surface area (Å²) in [4.78, 5) is 41.3. The quantitative estimate of drug-likeness (QED) is 0.465. The van der Waals surface area contributed by atoms with E-state index in [-0.39, 0.29) is 12.1 Å². The van der Waals surface area contributed by atoms with E-state index in [1.54, 1.807) is 24.0 Å². The first-order chi connectivity index (χ1) is 15.4. The normalized spacial score (nSPS) is 16.6. The Bertz CT molecular complexity index is 1430. The Hall–Kier alpha value is -3.39. The van der Waals surface area contributed by atoms with Crippen molar-refractivity contribution in [2.45, 2.75) is 38.8 Å². The number of rotatable bonds is 3. The summed E-state index contributed by atoms with van der Waals surface area (Å²) in [5, 5.41) is 0. The molecule has 3 aromatic heterocycles. The van der Waals surface area contributed by atoms with E-state index in [9.17, 15) is 9.59 Å². The van der Waals surface area contributed by atoms with Crippen molar-refractivity contribution in [3.8, 4) is 0 Å². The van der Waals surface area contributed by atoms with Crippen LogP contribution in [0.4, 0.5) is 0 Å². The van der Waals surface area contributed by atoms with Gasteiger partial charge in [0, 0.05) is 50.3 Å². The number of nitrogens with zero attached hydrogens (tertiary/aromatic N) is 6. The van der Waals surface area contributed by atoms with Gasteiger partial charge in [0.05, 0.1) is 16.6 Å². The second-order valence-corrected chi connectivity index (χ2v) is 8.58. The smallest absolute Gasteiger partial charge is 0.304 e. The Balaban J connectivity index is 1.42. The van der Waals surface area contributed by atoms with Gasteiger partial charge in [0.25, 0.3) is 0 Å². The monoisotopic (exact) mass is 430 g/mol. The molecular weight excluding hydrogens is 404 g/mol. The molecule has 1 aliphatic heterocycles. The van der Waals surface area contributed by atoms with E-state index < -0.39 is 11.1 Å². The van der Waals surface area contributed by atoms with Crippen LogP contribution in [0.3, 0.4) is 0 Å². The van der Waals surface area contributed by atoms with Crippen LogP contribution in [0.2, 0.25) is 0 Å². The second-order valence-electron chi connectivity index (χ2n) is 8.58. The zero-order valence-corrected chi connectivity index (χ0v) is 18.5. The third-order valence-corrected chi connectivity index (χ3v) is 6.68. The van der Waals surface area contributed by atoms with Crippen molar-refractivity contribution in [1.82, 2.24) is 29.0 Å². The number of piperidine rings is 1. The minimum atomic E-state index is -0.503. The van der Waals surface area contributed by atoms with Gasteiger partial charge >= 0.3 is 11.1 Å². The second kappa shape index (κ2) is 7.94. The maximum atomic E-state index is 12.9. The number of hydrogen-bond donors (Lipinski definition) is 0. The molecule has 1 aliphatic rings. The lowest BCUT2D eigenvalue weighted by Gasteiger charge is -2.37. The largest absolute Gasteiger partial charge is 0.318 e. The van der Waals surface area contributed by atoms with E-state index >= 15 is 0 Å². The SMILES string of the molecule is Cc1ccc2c(n1)n(C1CCN(C(C)c3ccc4nccnc4c3)CC1)c(=O)c(=O)n2C. The van der Waals surface area contributed by atoms with Crippen molar-refractivity contribution in [3.63, 3.8) is 0 Å². The average Bonchev–Trinajstić information content (AvgIpc) is 2.82. The van der Waals surface area contributed by atoms with E-state index in [0.717, 1.165) is 42.7 Å². The van der Waals surface area contributed by atoms with Crippen LogP contribution in [-0.4, -0.2) is 42.1 Å². The van der Waals surface area contributed by atoms with Gasteiger partial charge in [-0.05, 0) is 56.5 Å². The van der Waals surface area contributed by atoms with Crippen molar-refractivity contribution >= 4 is 22.2 Å². The molecule has 0 amide bonds. The number of fused-ring (bicyclic) bond motifs is 2. The van der Waals surface area contributed by atoms with E-state index in [1.807, 2.05) is 25.1 Å². The number of benzene rings is 1. The van der Waals surface area contributed by atoms with Crippen LogP contribution in [-0.2, 0) is 7.05 Å². The highest BCUT2D eigenvalue weighted by Crippen LogP contribution is 2.30. The summed E-state index contributed by atoms with van der Waals surface area (Å²) in [7, 11) is 1.63. The molecule has 8 nitrogen and oxygen atoms in total. The number of aromatic nitrogens is 5. The van der Waals surface area contributed by atoms with Gasteiger partial charge in [-0.3, -0.25) is 29.0 Å². The molecule has 0 radical (unpaired) electrons. The van der Waals surface area contributed by atoms with Crippen LogP contribution in [0, 0.1) is 6.92 Å². The molecule has 1 fully saturated rings. The third-order valence-electron chi connectivity index (χ3n) is 6.68. The van der Waals surface area contributed by atoms with Crippen LogP contribution in [0.15, 0.2) is 52.3 Å². The molecular formula is C24H26N6O2. The van der Waals surface area contributed by atoms with E-state index in [2.05, 4.69) is 38.9 Å². The summed E-state index contributed by atoms with van der Waals surface area (Å²) >= 11 is 0. The number of aryl methyl sites for hydroxylation is 2. The van der Waals surface area contributed by atoms with Gasteiger partial charge in [-0.15, -0.1) is 0 Å². The summed E-state index contributed by atoms with van der Waals surface area (Å²) in [5.41, 5.74) is 4.10. The first-order valence-corrected chi connectivity index (χ1v) is 11.0. The fourth-order valence-electron chi connectivity index (χ4n) is 4.75. The van der Waals surface area contributed by atoms with Crippen molar-refractivity contribution in [2.75, 3.05) is 13.1 Å². The number of hydrogen-bond acceptors (Lipinski definition) is 6. The minimum absolute atomic E-state index is 0.0425. The van der Waals surface area contributed by atoms with Crippen LogP contribution in [0.5, 0.6) is 0 Å². The van der Waals surface area contributed by atoms with E-state index in [1.165, 1.54) is 10.1 Å². The van der Waals surface area contributed by atoms with Crippen LogP contribution in [0.25, 0.3) is 22.2 Å². The molecule has 8 heteroatoms. The summed E-state index contributed by atoms with van der Waals surface area (Å²) < 4.78 is 3.04. The summed E-state index contributed by atoms with van der Waals surface area (Å²) in [6, 6.07) is 10.1. The van der Waals surface area contributed by atoms with Crippen LogP contribution < -0.4 is 11.1 Å². The van der Waals surface area contributed by atoms with Gasteiger partial charge in [-0.25, -0.2) is 4.98 Å². The molecule has 1 atom stereocenters. The predicted molar refractivity (Wildman–Crippen MR) is 124 cm³/mol. The molecule has 0 N–H and O–H groups in total. The Morgan fingerprint density at radius 2 is 1.69 bits per heavy atom. The maximum Gasteiger partial charge on any atom is 0.318 e.